The zero-order valence-electron chi connectivity index (χ0n) is 19.1. The van der Waals surface area contributed by atoms with Crippen LogP contribution < -0.4 is 0 Å². The second-order valence-electron chi connectivity index (χ2n) is 8.56. The Hall–Kier alpha value is -1.31. The van der Waals surface area contributed by atoms with Crippen molar-refractivity contribution in [2.24, 2.45) is 0 Å². The summed E-state index contributed by atoms with van der Waals surface area (Å²) < 4.78 is 43.7. The predicted molar refractivity (Wildman–Crippen MR) is 128 cm³/mol. The van der Waals surface area contributed by atoms with Gasteiger partial charge in [0.1, 0.15) is 17.2 Å². The molecule has 0 aliphatic carbocycles. The standard InChI is InChI=1S/C23H31F3N2O5S.ClH/c24-23(25,26)16-7-5-15(6-8-16)22-27-17(14-34-22)13-33-10-4-2-1-3-9-28-11-18(29)20(31)21(32)19(30)12-28;/h5-8,14,18-21,29-32H,1-4,9-13H2;1H/t18-,19-,20+,21+;/m0./s1. The summed E-state index contributed by atoms with van der Waals surface area (Å²) in [5, 5.41) is 41.8. The van der Waals surface area contributed by atoms with Crippen molar-refractivity contribution in [2.75, 3.05) is 26.2 Å². The normalized spacial score (nSPS) is 23.6. The van der Waals surface area contributed by atoms with E-state index in [1.54, 1.807) is 0 Å². The Balaban J connectivity index is 0.00000432. The van der Waals surface area contributed by atoms with Gasteiger partial charge in [-0.25, -0.2) is 4.98 Å². The zero-order chi connectivity index (χ0) is 24.7. The molecule has 12 heteroatoms. The van der Waals surface area contributed by atoms with Crippen LogP contribution in [0.1, 0.15) is 36.9 Å². The van der Waals surface area contributed by atoms with Crippen LogP contribution in [0.3, 0.4) is 0 Å². The van der Waals surface area contributed by atoms with Crippen molar-refractivity contribution in [3.05, 3.63) is 40.9 Å². The highest BCUT2D eigenvalue weighted by Gasteiger charge is 2.36. The number of rotatable bonds is 10. The van der Waals surface area contributed by atoms with E-state index < -0.39 is 36.2 Å². The van der Waals surface area contributed by atoms with Gasteiger partial charge in [0.2, 0.25) is 0 Å². The molecule has 0 radical (unpaired) electrons. The van der Waals surface area contributed by atoms with E-state index in [2.05, 4.69) is 4.98 Å². The lowest BCUT2D eigenvalue weighted by atomic mass is 10.1. The Morgan fingerprint density at radius 3 is 2.14 bits per heavy atom. The van der Waals surface area contributed by atoms with E-state index in [1.165, 1.54) is 23.5 Å². The molecule has 3 rings (SSSR count). The fourth-order valence-electron chi connectivity index (χ4n) is 3.83. The molecule has 1 saturated heterocycles. The minimum atomic E-state index is -4.36. The molecular weight excluding hydrogens is 509 g/mol. The first-order valence-corrected chi connectivity index (χ1v) is 12.2. The molecule has 4 N–H and O–H groups in total. The Morgan fingerprint density at radius 1 is 0.943 bits per heavy atom. The number of halogens is 4. The minimum absolute atomic E-state index is 0. The highest BCUT2D eigenvalue weighted by molar-refractivity contribution is 7.13. The van der Waals surface area contributed by atoms with Crippen molar-refractivity contribution in [1.29, 1.82) is 0 Å². The van der Waals surface area contributed by atoms with Gasteiger partial charge in [0, 0.05) is 30.6 Å². The van der Waals surface area contributed by atoms with Gasteiger partial charge in [-0.3, -0.25) is 4.90 Å². The number of hydrogen-bond acceptors (Lipinski definition) is 8. The van der Waals surface area contributed by atoms with Gasteiger partial charge < -0.3 is 25.2 Å². The molecule has 1 fully saturated rings. The molecule has 7 nitrogen and oxygen atoms in total. The molecule has 0 saturated carbocycles. The maximum Gasteiger partial charge on any atom is 0.416 e. The summed E-state index contributed by atoms with van der Waals surface area (Å²) in [6, 6.07) is 4.95. The highest BCUT2D eigenvalue weighted by Crippen LogP contribution is 2.31. The number of aliphatic hydroxyl groups excluding tert-OH is 4. The first kappa shape index (κ1) is 29.9. The van der Waals surface area contributed by atoms with Gasteiger partial charge in [0.25, 0.3) is 0 Å². The van der Waals surface area contributed by atoms with Crippen molar-refractivity contribution in [1.82, 2.24) is 9.88 Å². The summed E-state index contributed by atoms with van der Waals surface area (Å²) in [4.78, 5) is 6.28. The predicted octanol–water partition coefficient (Wildman–Crippen LogP) is 3.09. The van der Waals surface area contributed by atoms with E-state index in [0.29, 0.717) is 30.3 Å². The highest BCUT2D eigenvalue weighted by atomic mass is 35.5. The Bertz CT molecular complexity index is 871. The van der Waals surface area contributed by atoms with Gasteiger partial charge in [-0.1, -0.05) is 25.0 Å². The maximum atomic E-state index is 12.7. The van der Waals surface area contributed by atoms with Crippen molar-refractivity contribution >= 4 is 23.7 Å². The zero-order valence-corrected chi connectivity index (χ0v) is 20.7. The topological polar surface area (TPSA) is 106 Å². The summed E-state index contributed by atoms with van der Waals surface area (Å²) in [6.07, 6.45) is -5.64. The summed E-state index contributed by atoms with van der Waals surface area (Å²) in [5.74, 6) is 0. The molecule has 0 unspecified atom stereocenters. The number of aliphatic hydroxyl groups is 4. The minimum Gasteiger partial charge on any atom is -0.389 e. The van der Waals surface area contributed by atoms with E-state index in [4.69, 9.17) is 4.74 Å². The van der Waals surface area contributed by atoms with Crippen LogP contribution in [-0.4, -0.2) is 81.0 Å². The monoisotopic (exact) mass is 540 g/mol. The average Bonchev–Trinajstić information content (AvgIpc) is 3.24. The third-order valence-corrected chi connectivity index (χ3v) is 6.74. The second-order valence-corrected chi connectivity index (χ2v) is 9.42. The van der Waals surface area contributed by atoms with E-state index in [1.807, 2.05) is 10.3 Å². The number of likely N-dealkylation sites (tertiary alicyclic amines) is 1. The van der Waals surface area contributed by atoms with Gasteiger partial charge in [-0.2, -0.15) is 13.2 Å². The molecule has 198 valence electrons. The summed E-state index contributed by atoms with van der Waals surface area (Å²) >= 11 is 1.36. The number of alkyl halides is 3. The molecule has 2 heterocycles. The van der Waals surface area contributed by atoms with E-state index in [-0.39, 0.29) is 25.5 Å². The molecular formula is C23H32ClF3N2O5S. The van der Waals surface area contributed by atoms with Gasteiger partial charge in [-0.15, -0.1) is 23.7 Å². The lowest BCUT2D eigenvalue weighted by molar-refractivity contribution is -0.137. The molecule has 0 bridgehead atoms. The van der Waals surface area contributed by atoms with Crippen LogP contribution in [0, 0.1) is 0 Å². The van der Waals surface area contributed by atoms with E-state index >= 15 is 0 Å². The average molecular weight is 541 g/mol. The van der Waals surface area contributed by atoms with Crippen molar-refractivity contribution in [3.63, 3.8) is 0 Å². The van der Waals surface area contributed by atoms with E-state index in [0.717, 1.165) is 43.5 Å². The summed E-state index contributed by atoms with van der Waals surface area (Å²) in [6.45, 7) is 1.97. The fraction of sp³-hybridized carbons (Fsp3) is 0.609. The number of ether oxygens (including phenoxy) is 1. The van der Waals surface area contributed by atoms with Crippen molar-refractivity contribution in [2.45, 2.75) is 62.9 Å². The first-order valence-electron chi connectivity index (χ1n) is 11.3. The molecule has 1 aromatic heterocycles. The smallest absolute Gasteiger partial charge is 0.389 e. The van der Waals surface area contributed by atoms with Gasteiger partial charge in [0.05, 0.1) is 30.1 Å². The van der Waals surface area contributed by atoms with Crippen LogP contribution >= 0.6 is 23.7 Å². The second kappa shape index (κ2) is 13.8. The van der Waals surface area contributed by atoms with E-state index in [9.17, 15) is 33.6 Å². The Kier molecular flexibility index (Phi) is 11.8. The molecule has 35 heavy (non-hydrogen) atoms. The SMILES string of the molecule is Cl.O[C@H]1[C@H](O)[C@@H](O)CN(CCCCCCOCc2csc(-c3ccc(C(F)(F)F)cc3)n2)C[C@@H]1O. The Labute approximate surface area is 212 Å². The van der Waals surface area contributed by atoms with Gasteiger partial charge in [0.15, 0.2) is 0 Å². The molecule has 1 aromatic carbocycles. The summed E-state index contributed by atoms with van der Waals surface area (Å²) in [5.41, 5.74) is 0.691. The Morgan fingerprint density at radius 2 is 1.54 bits per heavy atom. The van der Waals surface area contributed by atoms with Crippen molar-refractivity contribution in [3.8, 4) is 10.6 Å². The maximum absolute atomic E-state index is 12.7. The lowest BCUT2D eigenvalue weighted by Gasteiger charge is -2.23. The fourth-order valence-corrected chi connectivity index (χ4v) is 4.65. The quantitative estimate of drug-likeness (QED) is 0.343. The largest absolute Gasteiger partial charge is 0.416 e. The van der Waals surface area contributed by atoms with Crippen LogP contribution in [0.25, 0.3) is 10.6 Å². The molecule has 1 aliphatic heterocycles. The van der Waals surface area contributed by atoms with Gasteiger partial charge >= 0.3 is 6.18 Å². The van der Waals surface area contributed by atoms with Gasteiger partial charge in [-0.05, 0) is 31.5 Å². The number of hydrogen-bond donors (Lipinski definition) is 4. The van der Waals surface area contributed by atoms with Crippen molar-refractivity contribution < 1.29 is 38.3 Å². The molecule has 0 spiro atoms. The number of unbranched alkanes of at least 4 members (excludes halogenated alkanes) is 3. The number of β-amino-alcohol motifs (C(OH)–C–C–N with tert-alkyl or cyclic N) is 2. The number of aromatic nitrogens is 1. The molecule has 4 atom stereocenters. The number of nitrogens with zero attached hydrogens (tertiary/aromatic N) is 2. The van der Waals surface area contributed by atoms with Crippen LogP contribution in [0.2, 0.25) is 0 Å². The first-order chi connectivity index (χ1) is 16.1. The molecule has 0 amide bonds. The third kappa shape index (κ3) is 8.94. The lowest BCUT2D eigenvalue weighted by Crippen LogP contribution is -2.43. The van der Waals surface area contributed by atoms with Crippen LogP contribution in [0.4, 0.5) is 13.2 Å². The number of benzene rings is 1. The third-order valence-electron chi connectivity index (χ3n) is 5.80. The molecule has 1 aliphatic rings. The van der Waals surface area contributed by atoms with Crippen LogP contribution in [0.15, 0.2) is 29.6 Å². The molecule has 2 aromatic rings. The number of thiazole rings is 1. The summed E-state index contributed by atoms with van der Waals surface area (Å²) in [7, 11) is 0. The van der Waals surface area contributed by atoms with Crippen LogP contribution in [-0.2, 0) is 17.5 Å². The van der Waals surface area contributed by atoms with Crippen LogP contribution in [0.5, 0.6) is 0 Å².